The molecule has 0 aromatic heterocycles. The lowest BCUT2D eigenvalue weighted by Gasteiger charge is -2.13. The van der Waals surface area contributed by atoms with Gasteiger partial charge in [-0.25, -0.2) is 4.39 Å². The van der Waals surface area contributed by atoms with Crippen LogP contribution in [0.15, 0.2) is 30.3 Å². The van der Waals surface area contributed by atoms with Crippen molar-refractivity contribution in [2.24, 2.45) is 0 Å². The van der Waals surface area contributed by atoms with E-state index in [2.05, 4.69) is 0 Å². The van der Waals surface area contributed by atoms with Crippen LogP contribution in [0.4, 0.5) is 10.1 Å². The monoisotopic (exact) mass is 309 g/mol. The van der Waals surface area contributed by atoms with Crippen molar-refractivity contribution < 1.29 is 14.1 Å². The Kier molecular flexibility index (Phi) is 4.43. The largest absolute Gasteiger partial charge is 0.449 e. The highest BCUT2D eigenvalue weighted by Gasteiger charge is 2.21. The van der Waals surface area contributed by atoms with Crippen LogP contribution in [0.3, 0.4) is 0 Å². The number of benzene rings is 2. The Labute approximate surface area is 126 Å². The van der Waals surface area contributed by atoms with Crippen molar-refractivity contribution in [1.82, 2.24) is 0 Å². The molecule has 0 atom stereocenters. The Balaban J connectivity index is 2.54. The summed E-state index contributed by atoms with van der Waals surface area (Å²) < 4.78 is 19.3. The molecule has 0 N–H and O–H groups in total. The summed E-state index contributed by atoms with van der Waals surface area (Å²) >= 11 is 5.72. The summed E-state index contributed by atoms with van der Waals surface area (Å²) in [6.07, 6.45) is 0. The summed E-state index contributed by atoms with van der Waals surface area (Å²) in [5.74, 6) is -0.307. The zero-order valence-corrected chi connectivity index (χ0v) is 12.3. The second kappa shape index (κ2) is 6.10. The van der Waals surface area contributed by atoms with Gasteiger partial charge in [-0.15, -0.1) is 11.6 Å². The quantitative estimate of drug-likeness (QED) is 0.459. The van der Waals surface area contributed by atoms with Gasteiger partial charge in [0.1, 0.15) is 11.6 Å². The molecule has 0 fully saturated rings. The van der Waals surface area contributed by atoms with Gasteiger partial charge in [-0.1, -0.05) is 12.1 Å². The predicted octanol–water partition coefficient (Wildman–Crippen LogP) is 4.88. The second-order valence-electron chi connectivity index (χ2n) is 4.64. The Morgan fingerprint density at radius 2 is 2.05 bits per heavy atom. The molecule has 21 heavy (non-hydrogen) atoms. The van der Waals surface area contributed by atoms with Crippen LogP contribution in [0.2, 0.25) is 0 Å². The number of halogens is 2. The summed E-state index contributed by atoms with van der Waals surface area (Å²) in [6, 6.07) is 7.45. The van der Waals surface area contributed by atoms with E-state index in [0.717, 1.165) is 5.56 Å². The Bertz CT molecular complexity index is 704. The molecule has 2 aromatic carbocycles. The molecule has 6 heteroatoms. The molecular formula is C15H13ClFNO3. The lowest BCUT2D eigenvalue weighted by molar-refractivity contribution is -0.385. The normalized spacial score (nSPS) is 10.5. The van der Waals surface area contributed by atoms with E-state index in [1.807, 2.05) is 0 Å². The van der Waals surface area contributed by atoms with E-state index in [9.17, 15) is 14.5 Å². The Hall–Kier alpha value is -2.14. The Morgan fingerprint density at radius 1 is 1.33 bits per heavy atom. The molecule has 0 heterocycles. The van der Waals surface area contributed by atoms with E-state index in [0.29, 0.717) is 5.56 Å². The highest BCUT2D eigenvalue weighted by atomic mass is 35.5. The van der Waals surface area contributed by atoms with Crippen molar-refractivity contribution in [3.05, 3.63) is 63.0 Å². The third-order valence-electron chi connectivity index (χ3n) is 3.02. The number of alkyl halides is 1. The number of nitrogens with zero attached hydrogens (tertiary/aromatic N) is 1. The molecule has 4 nitrogen and oxygen atoms in total. The molecule has 0 bridgehead atoms. The molecule has 0 saturated carbocycles. The van der Waals surface area contributed by atoms with Crippen molar-refractivity contribution in [1.29, 1.82) is 0 Å². The fourth-order valence-electron chi connectivity index (χ4n) is 2.07. The van der Waals surface area contributed by atoms with Crippen molar-refractivity contribution in [3.8, 4) is 11.5 Å². The number of aryl methyl sites for hydroxylation is 2. The van der Waals surface area contributed by atoms with Gasteiger partial charge >= 0.3 is 5.69 Å². The first-order valence-corrected chi connectivity index (χ1v) is 6.74. The van der Waals surface area contributed by atoms with Crippen molar-refractivity contribution in [2.45, 2.75) is 19.7 Å². The van der Waals surface area contributed by atoms with E-state index in [-0.39, 0.29) is 28.6 Å². The minimum absolute atomic E-state index is 0.0826. The van der Waals surface area contributed by atoms with Gasteiger partial charge in [-0.2, -0.15) is 0 Å². The van der Waals surface area contributed by atoms with Crippen molar-refractivity contribution >= 4 is 17.3 Å². The fraction of sp³-hybridized carbons (Fsp3) is 0.200. The highest BCUT2D eigenvalue weighted by Crippen LogP contribution is 2.37. The molecule has 110 valence electrons. The van der Waals surface area contributed by atoms with Crippen LogP contribution in [0.1, 0.15) is 16.7 Å². The maximum Gasteiger partial charge on any atom is 0.312 e. The molecule has 2 aromatic rings. The number of nitro benzene ring substituents is 1. The maximum atomic E-state index is 13.7. The van der Waals surface area contributed by atoms with Crippen molar-refractivity contribution in [3.63, 3.8) is 0 Å². The van der Waals surface area contributed by atoms with Crippen LogP contribution in [0, 0.1) is 29.8 Å². The Morgan fingerprint density at radius 3 is 2.67 bits per heavy atom. The smallest absolute Gasteiger partial charge is 0.312 e. The first kappa shape index (κ1) is 15.3. The SMILES string of the molecule is Cc1cc(C)c(Oc2cccc(F)c2CCl)c([N+](=O)[O-])c1. The van der Waals surface area contributed by atoms with E-state index < -0.39 is 10.7 Å². The van der Waals surface area contributed by atoms with Crippen LogP contribution in [0.25, 0.3) is 0 Å². The molecule has 0 aliphatic carbocycles. The van der Waals surface area contributed by atoms with Crippen LogP contribution in [0.5, 0.6) is 11.5 Å². The number of rotatable bonds is 4. The summed E-state index contributed by atoms with van der Waals surface area (Å²) in [4.78, 5) is 10.6. The van der Waals surface area contributed by atoms with E-state index in [4.69, 9.17) is 16.3 Å². The average molecular weight is 310 g/mol. The standard InChI is InChI=1S/C15H13ClFNO3/c1-9-6-10(2)15(13(7-9)18(19)20)21-14-5-3-4-12(17)11(14)8-16/h3-7H,8H2,1-2H3. The van der Waals surface area contributed by atoms with Crippen LogP contribution in [-0.4, -0.2) is 4.92 Å². The van der Waals surface area contributed by atoms with Gasteiger partial charge in [0, 0.05) is 11.6 Å². The van der Waals surface area contributed by atoms with Gasteiger partial charge in [0.25, 0.3) is 0 Å². The molecule has 0 radical (unpaired) electrons. The molecule has 2 rings (SSSR count). The molecule has 0 saturated heterocycles. The number of hydrogen-bond acceptors (Lipinski definition) is 3. The zero-order valence-electron chi connectivity index (χ0n) is 11.5. The van der Waals surface area contributed by atoms with Gasteiger partial charge < -0.3 is 4.74 Å². The number of nitro groups is 1. The van der Waals surface area contributed by atoms with Gasteiger partial charge in [0.05, 0.1) is 10.8 Å². The molecular weight excluding hydrogens is 297 g/mol. The first-order chi connectivity index (χ1) is 9.93. The van der Waals surface area contributed by atoms with Gasteiger partial charge in [-0.05, 0) is 37.1 Å². The average Bonchev–Trinajstić information content (AvgIpc) is 2.41. The third kappa shape index (κ3) is 3.13. The zero-order chi connectivity index (χ0) is 15.6. The van der Waals surface area contributed by atoms with Crippen LogP contribution < -0.4 is 4.74 Å². The van der Waals surface area contributed by atoms with Gasteiger partial charge in [0.15, 0.2) is 0 Å². The third-order valence-corrected chi connectivity index (χ3v) is 3.28. The fourth-order valence-corrected chi connectivity index (χ4v) is 2.33. The van der Waals surface area contributed by atoms with Crippen LogP contribution >= 0.6 is 11.6 Å². The predicted molar refractivity (Wildman–Crippen MR) is 78.6 cm³/mol. The van der Waals surface area contributed by atoms with E-state index in [1.165, 1.54) is 24.3 Å². The van der Waals surface area contributed by atoms with E-state index >= 15 is 0 Å². The lowest BCUT2D eigenvalue weighted by atomic mass is 10.1. The molecule has 0 unspecified atom stereocenters. The van der Waals surface area contributed by atoms with Crippen molar-refractivity contribution in [2.75, 3.05) is 0 Å². The minimum atomic E-state index is -0.519. The molecule has 0 aliphatic rings. The van der Waals surface area contributed by atoms with Crippen LogP contribution in [-0.2, 0) is 5.88 Å². The first-order valence-electron chi connectivity index (χ1n) is 6.21. The summed E-state index contributed by atoms with van der Waals surface area (Å²) in [5.41, 5.74) is 1.38. The van der Waals surface area contributed by atoms with E-state index in [1.54, 1.807) is 19.9 Å². The number of ether oxygens (including phenoxy) is 1. The van der Waals surface area contributed by atoms with Gasteiger partial charge in [-0.3, -0.25) is 10.1 Å². The minimum Gasteiger partial charge on any atom is -0.449 e. The molecule has 0 aliphatic heterocycles. The summed E-state index contributed by atoms with van der Waals surface area (Å²) in [7, 11) is 0. The molecule has 0 spiro atoms. The highest BCUT2D eigenvalue weighted by molar-refractivity contribution is 6.17. The lowest BCUT2D eigenvalue weighted by Crippen LogP contribution is -1.99. The molecule has 0 amide bonds. The summed E-state index contributed by atoms with van der Waals surface area (Å²) in [5, 5.41) is 11.2. The topological polar surface area (TPSA) is 52.4 Å². The van der Waals surface area contributed by atoms with Gasteiger partial charge in [0.2, 0.25) is 5.75 Å². The number of hydrogen-bond donors (Lipinski definition) is 0. The maximum absolute atomic E-state index is 13.7. The second-order valence-corrected chi connectivity index (χ2v) is 4.91. The summed E-state index contributed by atoms with van der Waals surface area (Å²) in [6.45, 7) is 3.46.